The van der Waals surface area contributed by atoms with Gasteiger partial charge < -0.3 is 21.7 Å². The standard InChI is InChI=1S/C17H26N4O2.2ClH/c1-21(2)10-13-7-6-12(17(19)23)8-15(13)20-16(22)9-11-4-3-5-14(11)18;;/h6-8,11,14H,3-5,9-10,18H2,1-2H3,(H2,19,23)(H,20,22);2*1H/t11-,14+;;/m0../s1. The molecule has 0 heterocycles. The minimum absolute atomic E-state index is 0. The van der Waals surface area contributed by atoms with Crippen LogP contribution in [0.15, 0.2) is 18.2 Å². The van der Waals surface area contributed by atoms with E-state index in [1.54, 1.807) is 12.1 Å². The van der Waals surface area contributed by atoms with Gasteiger partial charge in [-0.1, -0.05) is 12.5 Å². The predicted octanol–water partition coefficient (Wildman–Crippen LogP) is 2.15. The highest BCUT2D eigenvalue weighted by molar-refractivity contribution is 5.97. The van der Waals surface area contributed by atoms with E-state index in [0.717, 1.165) is 24.8 Å². The zero-order valence-electron chi connectivity index (χ0n) is 14.7. The number of nitrogens with zero attached hydrogens (tertiary/aromatic N) is 1. The van der Waals surface area contributed by atoms with Gasteiger partial charge in [-0.15, -0.1) is 24.8 Å². The van der Waals surface area contributed by atoms with Crippen LogP contribution in [0.4, 0.5) is 5.69 Å². The summed E-state index contributed by atoms with van der Waals surface area (Å²) in [4.78, 5) is 25.7. The van der Waals surface area contributed by atoms with E-state index in [1.807, 2.05) is 25.1 Å². The molecule has 8 heteroatoms. The lowest BCUT2D eigenvalue weighted by molar-refractivity contribution is -0.117. The number of hydrogen-bond acceptors (Lipinski definition) is 4. The maximum atomic E-state index is 12.3. The SMILES string of the molecule is CN(C)Cc1ccc(C(N)=O)cc1NC(=O)C[C@@H]1CCC[C@H]1N.Cl.Cl. The molecule has 2 atom stereocenters. The monoisotopic (exact) mass is 390 g/mol. The molecule has 142 valence electrons. The number of amides is 2. The fourth-order valence-electron chi connectivity index (χ4n) is 3.08. The van der Waals surface area contributed by atoms with Gasteiger partial charge in [-0.25, -0.2) is 0 Å². The van der Waals surface area contributed by atoms with Crippen LogP contribution in [0.1, 0.15) is 41.6 Å². The molecule has 0 saturated heterocycles. The Kier molecular flexibility index (Phi) is 10.0. The van der Waals surface area contributed by atoms with Gasteiger partial charge in [-0.05, 0) is 50.6 Å². The van der Waals surface area contributed by atoms with Gasteiger partial charge in [-0.2, -0.15) is 0 Å². The molecule has 0 bridgehead atoms. The molecule has 1 aliphatic rings. The van der Waals surface area contributed by atoms with E-state index >= 15 is 0 Å². The largest absolute Gasteiger partial charge is 0.366 e. The Labute approximate surface area is 161 Å². The van der Waals surface area contributed by atoms with Crippen molar-refractivity contribution in [1.82, 2.24) is 4.90 Å². The molecule has 1 fully saturated rings. The summed E-state index contributed by atoms with van der Waals surface area (Å²) in [5.74, 6) is -0.324. The summed E-state index contributed by atoms with van der Waals surface area (Å²) in [6.07, 6.45) is 3.49. The van der Waals surface area contributed by atoms with E-state index in [0.29, 0.717) is 24.2 Å². The summed E-state index contributed by atoms with van der Waals surface area (Å²) >= 11 is 0. The van der Waals surface area contributed by atoms with E-state index in [1.165, 1.54) is 0 Å². The Balaban J connectivity index is 0.00000288. The van der Waals surface area contributed by atoms with Crippen molar-refractivity contribution in [2.45, 2.75) is 38.3 Å². The smallest absolute Gasteiger partial charge is 0.248 e. The fraction of sp³-hybridized carbons (Fsp3) is 0.529. The number of halogens is 2. The minimum Gasteiger partial charge on any atom is -0.366 e. The Bertz CT molecular complexity index is 596. The van der Waals surface area contributed by atoms with Crippen LogP contribution in [0, 0.1) is 5.92 Å². The summed E-state index contributed by atoms with van der Waals surface area (Å²) < 4.78 is 0. The number of carbonyl (C=O) groups excluding carboxylic acids is 2. The number of hydrogen-bond donors (Lipinski definition) is 3. The molecule has 6 nitrogen and oxygen atoms in total. The van der Waals surface area contributed by atoms with Gasteiger partial charge in [0.05, 0.1) is 0 Å². The number of benzene rings is 1. The van der Waals surface area contributed by atoms with Crippen LogP contribution >= 0.6 is 24.8 Å². The van der Waals surface area contributed by atoms with Crippen molar-refractivity contribution >= 4 is 42.3 Å². The molecular weight excluding hydrogens is 363 g/mol. The maximum absolute atomic E-state index is 12.3. The van der Waals surface area contributed by atoms with Gasteiger partial charge in [-0.3, -0.25) is 9.59 Å². The van der Waals surface area contributed by atoms with E-state index in [2.05, 4.69) is 5.32 Å². The molecule has 1 aromatic carbocycles. The van der Waals surface area contributed by atoms with Gasteiger partial charge in [0, 0.05) is 30.3 Å². The van der Waals surface area contributed by atoms with Crippen molar-refractivity contribution in [3.63, 3.8) is 0 Å². The molecule has 5 N–H and O–H groups in total. The van der Waals surface area contributed by atoms with Gasteiger partial charge in [0.1, 0.15) is 0 Å². The highest BCUT2D eigenvalue weighted by atomic mass is 35.5. The highest BCUT2D eigenvalue weighted by Crippen LogP contribution is 2.27. The van der Waals surface area contributed by atoms with Crippen molar-refractivity contribution in [1.29, 1.82) is 0 Å². The number of primary amides is 1. The Morgan fingerprint density at radius 2 is 1.92 bits per heavy atom. The zero-order chi connectivity index (χ0) is 17.0. The first kappa shape index (κ1) is 23.7. The number of rotatable bonds is 6. The zero-order valence-corrected chi connectivity index (χ0v) is 16.3. The Morgan fingerprint density at radius 3 is 2.44 bits per heavy atom. The second-order valence-corrected chi connectivity index (χ2v) is 6.58. The molecule has 1 aromatic rings. The van der Waals surface area contributed by atoms with Crippen LogP contribution in [-0.2, 0) is 11.3 Å². The normalized spacial score (nSPS) is 19.0. The van der Waals surface area contributed by atoms with Crippen LogP contribution < -0.4 is 16.8 Å². The van der Waals surface area contributed by atoms with E-state index in [-0.39, 0.29) is 42.7 Å². The van der Waals surface area contributed by atoms with Crippen molar-refractivity contribution in [2.24, 2.45) is 17.4 Å². The topological polar surface area (TPSA) is 101 Å². The third-order valence-electron chi connectivity index (χ3n) is 4.32. The summed E-state index contributed by atoms with van der Waals surface area (Å²) in [5.41, 5.74) is 13.4. The van der Waals surface area contributed by atoms with Crippen LogP contribution in [0.25, 0.3) is 0 Å². The molecule has 0 aliphatic heterocycles. The second kappa shape index (κ2) is 10.6. The van der Waals surface area contributed by atoms with E-state index < -0.39 is 5.91 Å². The highest BCUT2D eigenvalue weighted by Gasteiger charge is 2.26. The van der Waals surface area contributed by atoms with Crippen LogP contribution in [0.5, 0.6) is 0 Å². The molecule has 25 heavy (non-hydrogen) atoms. The molecule has 0 unspecified atom stereocenters. The molecule has 1 aliphatic carbocycles. The third kappa shape index (κ3) is 6.82. The van der Waals surface area contributed by atoms with Gasteiger partial charge in [0.15, 0.2) is 0 Å². The van der Waals surface area contributed by atoms with Crippen LogP contribution in [-0.4, -0.2) is 36.9 Å². The molecule has 0 spiro atoms. The van der Waals surface area contributed by atoms with Gasteiger partial charge in [0.25, 0.3) is 0 Å². The van der Waals surface area contributed by atoms with Crippen molar-refractivity contribution in [3.8, 4) is 0 Å². The summed E-state index contributed by atoms with van der Waals surface area (Å²) in [7, 11) is 3.90. The first-order valence-electron chi connectivity index (χ1n) is 7.99. The Hall–Kier alpha value is -1.34. The van der Waals surface area contributed by atoms with Crippen molar-refractivity contribution < 1.29 is 9.59 Å². The van der Waals surface area contributed by atoms with Crippen molar-refractivity contribution in [3.05, 3.63) is 29.3 Å². The summed E-state index contributed by atoms with van der Waals surface area (Å²) in [6.45, 7) is 0.664. The molecule has 0 aromatic heterocycles. The Morgan fingerprint density at radius 1 is 1.24 bits per heavy atom. The number of nitrogens with one attached hydrogen (secondary N) is 1. The fourth-order valence-corrected chi connectivity index (χ4v) is 3.08. The number of carbonyl (C=O) groups is 2. The molecule has 1 saturated carbocycles. The summed E-state index contributed by atoms with van der Waals surface area (Å²) in [5, 5.41) is 2.93. The predicted molar refractivity (Wildman–Crippen MR) is 105 cm³/mol. The van der Waals surface area contributed by atoms with E-state index in [4.69, 9.17) is 11.5 Å². The second-order valence-electron chi connectivity index (χ2n) is 6.58. The van der Waals surface area contributed by atoms with Crippen molar-refractivity contribution in [2.75, 3.05) is 19.4 Å². The average Bonchev–Trinajstić information content (AvgIpc) is 2.85. The molecule has 2 amide bonds. The van der Waals surface area contributed by atoms with Crippen LogP contribution in [0.3, 0.4) is 0 Å². The molecule has 2 rings (SSSR count). The number of nitrogens with two attached hydrogens (primary N) is 2. The van der Waals surface area contributed by atoms with Gasteiger partial charge in [0.2, 0.25) is 11.8 Å². The summed E-state index contributed by atoms with van der Waals surface area (Å²) in [6, 6.07) is 5.27. The lowest BCUT2D eigenvalue weighted by atomic mass is 9.99. The van der Waals surface area contributed by atoms with Gasteiger partial charge >= 0.3 is 0 Å². The van der Waals surface area contributed by atoms with E-state index in [9.17, 15) is 9.59 Å². The lowest BCUT2D eigenvalue weighted by Crippen LogP contribution is -2.28. The average molecular weight is 391 g/mol. The quantitative estimate of drug-likeness (QED) is 0.692. The molecular formula is C17H28Cl2N4O2. The lowest BCUT2D eigenvalue weighted by Gasteiger charge is -2.18. The van der Waals surface area contributed by atoms with Crippen LogP contribution in [0.2, 0.25) is 0 Å². The maximum Gasteiger partial charge on any atom is 0.248 e. The molecule has 0 radical (unpaired) electrons. The first-order valence-corrected chi connectivity index (χ1v) is 7.99. The third-order valence-corrected chi connectivity index (χ3v) is 4.32. The first-order chi connectivity index (χ1) is 10.9. The minimum atomic E-state index is -0.505. The number of anilines is 1.